The Kier molecular flexibility index (Phi) is 5.66. The SMILES string of the molecule is CC(C)(C)OC(=O)N1CCC(c2cccc(C(=O)NC3C4CC5CC3CC(O)(C5)C4)n2)CC1. The number of likely N-dealkylation sites (tertiary alicyclic amines) is 1. The van der Waals surface area contributed by atoms with Crippen LogP contribution in [-0.2, 0) is 4.74 Å². The van der Waals surface area contributed by atoms with Crippen molar-refractivity contribution in [3.05, 3.63) is 29.6 Å². The first-order valence-electron chi connectivity index (χ1n) is 12.6. The van der Waals surface area contributed by atoms with Gasteiger partial charge in [-0.15, -0.1) is 0 Å². The number of nitrogens with one attached hydrogen (secondary N) is 1. The predicted molar refractivity (Wildman–Crippen MR) is 124 cm³/mol. The molecule has 1 aromatic heterocycles. The average Bonchev–Trinajstić information content (AvgIpc) is 2.74. The first-order chi connectivity index (χ1) is 15.6. The molecule has 33 heavy (non-hydrogen) atoms. The number of ether oxygens (including phenoxy) is 1. The van der Waals surface area contributed by atoms with E-state index >= 15 is 0 Å². The van der Waals surface area contributed by atoms with Crippen molar-refractivity contribution in [2.75, 3.05) is 13.1 Å². The minimum Gasteiger partial charge on any atom is -0.444 e. The molecule has 0 aromatic carbocycles. The number of hydrogen-bond acceptors (Lipinski definition) is 5. The molecule has 180 valence electrons. The smallest absolute Gasteiger partial charge is 0.410 e. The molecule has 7 nitrogen and oxygen atoms in total. The predicted octanol–water partition coefficient (Wildman–Crippen LogP) is 3.87. The molecule has 1 aliphatic heterocycles. The number of aromatic nitrogens is 1. The Morgan fingerprint density at radius 1 is 1.12 bits per heavy atom. The van der Waals surface area contributed by atoms with E-state index in [1.165, 1.54) is 0 Å². The third kappa shape index (κ3) is 4.75. The highest BCUT2D eigenvalue weighted by atomic mass is 16.6. The largest absolute Gasteiger partial charge is 0.444 e. The molecular weight excluding hydrogens is 418 g/mol. The molecule has 2 unspecified atom stereocenters. The Balaban J connectivity index is 1.20. The van der Waals surface area contributed by atoms with Crippen LogP contribution in [0.25, 0.3) is 0 Å². The van der Waals surface area contributed by atoms with E-state index in [4.69, 9.17) is 9.72 Å². The van der Waals surface area contributed by atoms with Gasteiger partial charge in [0, 0.05) is 30.7 Å². The molecule has 2 heterocycles. The molecule has 2 atom stereocenters. The molecule has 1 aromatic rings. The molecule has 4 saturated carbocycles. The monoisotopic (exact) mass is 455 g/mol. The van der Waals surface area contributed by atoms with Gasteiger partial charge in [-0.1, -0.05) is 6.07 Å². The minimum absolute atomic E-state index is 0.104. The molecule has 4 bridgehead atoms. The van der Waals surface area contributed by atoms with Crippen molar-refractivity contribution >= 4 is 12.0 Å². The van der Waals surface area contributed by atoms with Gasteiger partial charge in [-0.3, -0.25) is 4.79 Å². The highest BCUT2D eigenvalue weighted by Gasteiger charge is 2.55. The number of piperidine rings is 1. The van der Waals surface area contributed by atoms with Crippen LogP contribution in [-0.4, -0.2) is 57.3 Å². The van der Waals surface area contributed by atoms with Crippen LogP contribution in [0.3, 0.4) is 0 Å². The number of hydrogen-bond donors (Lipinski definition) is 2. The quantitative estimate of drug-likeness (QED) is 0.722. The van der Waals surface area contributed by atoms with E-state index in [1.807, 2.05) is 32.9 Å². The second-order valence-corrected chi connectivity index (χ2v) is 11.9. The molecule has 0 spiro atoms. The first-order valence-corrected chi connectivity index (χ1v) is 12.6. The van der Waals surface area contributed by atoms with Gasteiger partial charge in [-0.2, -0.15) is 0 Å². The van der Waals surface area contributed by atoms with Crippen LogP contribution in [0.4, 0.5) is 4.79 Å². The summed E-state index contributed by atoms with van der Waals surface area (Å²) in [6.07, 6.45) is 6.16. The maximum Gasteiger partial charge on any atom is 0.410 e. The lowest BCUT2D eigenvalue weighted by atomic mass is 9.52. The van der Waals surface area contributed by atoms with E-state index in [2.05, 4.69) is 5.32 Å². The van der Waals surface area contributed by atoms with Gasteiger partial charge in [0.25, 0.3) is 5.91 Å². The van der Waals surface area contributed by atoms with E-state index in [0.29, 0.717) is 36.5 Å². The summed E-state index contributed by atoms with van der Waals surface area (Å²) in [5.74, 6) is 1.50. The molecule has 0 radical (unpaired) electrons. The van der Waals surface area contributed by atoms with Crippen molar-refractivity contribution in [2.45, 2.75) is 88.9 Å². The first kappa shape index (κ1) is 22.6. The second-order valence-electron chi connectivity index (χ2n) is 11.9. The lowest BCUT2D eigenvalue weighted by Crippen LogP contribution is -2.61. The lowest BCUT2D eigenvalue weighted by molar-refractivity contribution is -0.136. The van der Waals surface area contributed by atoms with Crippen LogP contribution in [0.2, 0.25) is 0 Å². The zero-order valence-electron chi connectivity index (χ0n) is 20.0. The summed E-state index contributed by atoms with van der Waals surface area (Å²) >= 11 is 0. The summed E-state index contributed by atoms with van der Waals surface area (Å²) in [7, 11) is 0. The Labute approximate surface area is 196 Å². The van der Waals surface area contributed by atoms with Crippen molar-refractivity contribution in [3.8, 4) is 0 Å². The summed E-state index contributed by atoms with van der Waals surface area (Å²) in [4.78, 5) is 31.9. The molecular formula is C26H37N3O4. The average molecular weight is 456 g/mol. The minimum atomic E-state index is -0.496. The Hall–Kier alpha value is -2.15. The van der Waals surface area contributed by atoms with E-state index in [-0.39, 0.29) is 24.0 Å². The van der Waals surface area contributed by atoms with Gasteiger partial charge in [0.1, 0.15) is 11.3 Å². The van der Waals surface area contributed by atoms with Crippen LogP contribution < -0.4 is 5.32 Å². The van der Waals surface area contributed by atoms with E-state index in [0.717, 1.165) is 50.6 Å². The number of carbonyl (C=O) groups is 2. The molecule has 5 aliphatic rings. The Morgan fingerprint density at radius 3 is 2.39 bits per heavy atom. The topological polar surface area (TPSA) is 91.8 Å². The fraction of sp³-hybridized carbons (Fsp3) is 0.731. The number of rotatable bonds is 3. The van der Waals surface area contributed by atoms with E-state index < -0.39 is 11.2 Å². The fourth-order valence-corrected chi connectivity index (χ4v) is 6.93. The number of carbonyl (C=O) groups excluding carboxylic acids is 2. The molecule has 2 amide bonds. The van der Waals surface area contributed by atoms with Gasteiger partial charge in [-0.25, -0.2) is 9.78 Å². The number of amides is 2. The van der Waals surface area contributed by atoms with E-state index in [1.54, 1.807) is 11.0 Å². The van der Waals surface area contributed by atoms with Gasteiger partial charge in [0.15, 0.2) is 0 Å². The summed E-state index contributed by atoms with van der Waals surface area (Å²) in [6, 6.07) is 5.84. The zero-order valence-corrected chi connectivity index (χ0v) is 20.0. The van der Waals surface area contributed by atoms with Crippen molar-refractivity contribution < 1.29 is 19.4 Å². The summed E-state index contributed by atoms with van der Waals surface area (Å²) in [5.41, 5.74) is 0.400. The summed E-state index contributed by atoms with van der Waals surface area (Å²) < 4.78 is 5.49. The number of nitrogens with zero attached hydrogens (tertiary/aromatic N) is 2. The third-order valence-electron chi connectivity index (χ3n) is 8.11. The van der Waals surface area contributed by atoms with Crippen molar-refractivity contribution in [3.63, 3.8) is 0 Å². The highest BCUT2D eigenvalue weighted by molar-refractivity contribution is 5.92. The number of aliphatic hydroxyl groups is 1. The maximum absolute atomic E-state index is 13.1. The molecule has 6 rings (SSSR count). The van der Waals surface area contributed by atoms with Crippen LogP contribution in [0, 0.1) is 17.8 Å². The second kappa shape index (κ2) is 8.26. The van der Waals surface area contributed by atoms with Crippen LogP contribution in [0.15, 0.2) is 18.2 Å². The summed E-state index contributed by atoms with van der Waals surface area (Å²) in [5, 5.41) is 14.1. The molecule has 5 fully saturated rings. The lowest BCUT2D eigenvalue weighted by Gasteiger charge is -2.58. The molecule has 1 saturated heterocycles. The van der Waals surface area contributed by atoms with Crippen LogP contribution in [0.1, 0.15) is 87.8 Å². The normalized spacial score (nSPS) is 33.8. The van der Waals surface area contributed by atoms with Crippen LogP contribution >= 0.6 is 0 Å². The Bertz CT molecular complexity index is 902. The van der Waals surface area contributed by atoms with Gasteiger partial charge in [0.05, 0.1) is 5.60 Å². The van der Waals surface area contributed by atoms with Gasteiger partial charge < -0.3 is 20.1 Å². The van der Waals surface area contributed by atoms with Gasteiger partial charge >= 0.3 is 6.09 Å². The molecule has 2 N–H and O–H groups in total. The number of pyridine rings is 1. The Morgan fingerprint density at radius 2 is 1.79 bits per heavy atom. The zero-order chi connectivity index (χ0) is 23.4. The fourth-order valence-electron chi connectivity index (χ4n) is 6.93. The maximum atomic E-state index is 13.1. The van der Waals surface area contributed by atoms with Crippen molar-refractivity contribution in [1.82, 2.24) is 15.2 Å². The standard InChI is InChI=1S/C26H37N3O4/c1-25(2,3)33-24(31)29-9-7-17(8-10-29)20-5-4-6-21(27-20)23(30)28-22-18-11-16-12-19(22)15-26(32,13-16)14-18/h4-6,16-19,22,32H,7-15H2,1-3H3,(H,28,30). The third-order valence-corrected chi connectivity index (χ3v) is 8.11. The van der Waals surface area contributed by atoms with Crippen molar-refractivity contribution in [1.29, 1.82) is 0 Å². The van der Waals surface area contributed by atoms with Crippen molar-refractivity contribution in [2.24, 2.45) is 17.8 Å². The highest BCUT2D eigenvalue weighted by Crippen LogP contribution is 2.55. The van der Waals surface area contributed by atoms with Gasteiger partial charge in [-0.05, 0) is 95.6 Å². The summed E-state index contributed by atoms with van der Waals surface area (Å²) in [6.45, 7) is 6.90. The molecule has 4 aliphatic carbocycles. The van der Waals surface area contributed by atoms with Crippen LogP contribution in [0.5, 0.6) is 0 Å². The molecule has 7 heteroatoms. The van der Waals surface area contributed by atoms with Gasteiger partial charge in [0.2, 0.25) is 0 Å². The van der Waals surface area contributed by atoms with E-state index in [9.17, 15) is 14.7 Å².